The van der Waals surface area contributed by atoms with E-state index < -0.39 is 0 Å². The number of rotatable bonds is 9. The molecule has 0 aliphatic carbocycles. The van der Waals surface area contributed by atoms with Crippen LogP contribution in [0.3, 0.4) is 0 Å². The van der Waals surface area contributed by atoms with Crippen LogP contribution in [0.15, 0.2) is 237 Å². The van der Waals surface area contributed by atoms with Crippen molar-refractivity contribution in [2.24, 2.45) is 0 Å². The fourth-order valence-corrected chi connectivity index (χ4v) is 8.32. The Labute approximate surface area is 372 Å². The molecule has 0 amide bonds. The lowest BCUT2D eigenvalue weighted by Crippen LogP contribution is -2.00. The van der Waals surface area contributed by atoms with Crippen LogP contribution in [0.1, 0.15) is 0 Å². The number of nitrogens with zero attached hydrogens (tertiary/aromatic N) is 5. The first-order valence-corrected chi connectivity index (χ1v) is 21.4. The number of benzene rings is 9. The fourth-order valence-electron chi connectivity index (χ4n) is 8.32. The van der Waals surface area contributed by atoms with Crippen LogP contribution in [0, 0.1) is 0 Å². The van der Waals surface area contributed by atoms with E-state index in [0.717, 1.165) is 72.6 Å². The second kappa shape index (κ2) is 17.0. The predicted molar refractivity (Wildman–Crippen MR) is 262 cm³/mol. The highest BCUT2D eigenvalue weighted by molar-refractivity contribution is 6.04. The third-order valence-electron chi connectivity index (χ3n) is 11.6. The van der Waals surface area contributed by atoms with Gasteiger partial charge in [0.25, 0.3) is 0 Å². The molecule has 11 aromatic rings. The molecule has 0 atom stereocenters. The van der Waals surface area contributed by atoms with Gasteiger partial charge in [0.2, 0.25) is 0 Å². The van der Waals surface area contributed by atoms with Crippen molar-refractivity contribution in [1.82, 2.24) is 24.9 Å². The first-order chi connectivity index (χ1) is 31.7. The van der Waals surface area contributed by atoms with E-state index in [0.29, 0.717) is 23.3 Å². The number of aromatic nitrogens is 5. The molecule has 0 spiro atoms. The number of fused-ring (bicyclic) bond motifs is 1. The SMILES string of the molecule is c1ccc(-c2cc(-c3ccccc3)nc(-c3ccc(-c4ccc(-c5c(-c6cccc(-c7nc(-c8ccccc8)nc(-c8ccccc8)n7)c6)ccc6ccccc56)cc4)cc3)n2)cc1. The van der Waals surface area contributed by atoms with E-state index in [-0.39, 0.29) is 0 Å². The molecule has 300 valence electrons. The molecule has 0 aliphatic rings. The Hall–Kier alpha value is -8.67. The van der Waals surface area contributed by atoms with Gasteiger partial charge >= 0.3 is 0 Å². The lowest BCUT2D eigenvalue weighted by molar-refractivity contribution is 1.07. The quantitative estimate of drug-likeness (QED) is 0.145. The Morgan fingerprint density at radius 1 is 0.219 bits per heavy atom. The van der Waals surface area contributed by atoms with E-state index in [9.17, 15) is 0 Å². The summed E-state index contributed by atoms with van der Waals surface area (Å²) in [5.74, 6) is 2.59. The molecule has 2 heterocycles. The van der Waals surface area contributed by atoms with Gasteiger partial charge in [-0.3, -0.25) is 0 Å². The molecular weight excluding hydrogens is 779 g/mol. The zero-order valence-corrected chi connectivity index (χ0v) is 34.8. The summed E-state index contributed by atoms with van der Waals surface area (Å²) in [6.07, 6.45) is 0. The molecule has 0 bridgehead atoms. The van der Waals surface area contributed by atoms with E-state index in [1.165, 1.54) is 16.3 Å². The van der Waals surface area contributed by atoms with E-state index >= 15 is 0 Å². The second-order valence-electron chi connectivity index (χ2n) is 15.7. The molecule has 0 unspecified atom stereocenters. The summed E-state index contributed by atoms with van der Waals surface area (Å²) in [7, 11) is 0. The van der Waals surface area contributed by atoms with Crippen molar-refractivity contribution in [1.29, 1.82) is 0 Å². The molecule has 5 nitrogen and oxygen atoms in total. The third kappa shape index (κ3) is 7.74. The Balaban J connectivity index is 0.945. The van der Waals surface area contributed by atoms with Gasteiger partial charge in [0.1, 0.15) is 0 Å². The first-order valence-electron chi connectivity index (χ1n) is 21.4. The topological polar surface area (TPSA) is 64.5 Å². The van der Waals surface area contributed by atoms with Crippen molar-refractivity contribution in [3.8, 4) is 101 Å². The van der Waals surface area contributed by atoms with Gasteiger partial charge in [0.05, 0.1) is 11.4 Å². The number of hydrogen-bond donors (Lipinski definition) is 0. The summed E-state index contributed by atoms with van der Waals surface area (Å²) in [5, 5.41) is 2.37. The highest BCUT2D eigenvalue weighted by atomic mass is 15.0. The molecular formula is C59H39N5. The van der Waals surface area contributed by atoms with Gasteiger partial charge in [-0.2, -0.15) is 0 Å². The molecule has 0 N–H and O–H groups in total. The average molecular weight is 818 g/mol. The largest absolute Gasteiger partial charge is 0.228 e. The molecule has 0 radical (unpaired) electrons. The Morgan fingerprint density at radius 2 is 0.609 bits per heavy atom. The maximum Gasteiger partial charge on any atom is 0.164 e. The Bertz CT molecular complexity index is 3280. The lowest BCUT2D eigenvalue weighted by Gasteiger charge is -2.16. The van der Waals surface area contributed by atoms with Gasteiger partial charge in [-0.1, -0.05) is 224 Å². The van der Waals surface area contributed by atoms with Crippen molar-refractivity contribution in [3.05, 3.63) is 237 Å². The fraction of sp³-hybridized carbons (Fsp3) is 0. The standard InChI is InChI=1S/C59H39N5/c1-5-17-43(18-6-1)53-39-54(44-19-7-2-8-20-44)61-56(60-53)48-34-30-41(31-35-48)40-28-32-45(33-29-40)55-51-27-14-13-16-42(51)36-37-52(55)49-25-15-26-50(38-49)59-63-57(46-21-9-3-10-22-46)62-58(64-59)47-23-11-4-12-24-47/h1-39H. The van der Waals surface area contributed by atoms with Crippen LogP contribution >= 0.6 is 0 Å². The molecule has 5 heteroatoms. The molecule has 0 fully saturated rings. The second-order valence-corrected chi connectivity index (χ2v) is 15.7. The molecule has 11 rings (SSSR count). The minimum atomic E-state index is 0.624. The van der Waals surface area contributed by atoms with Crippen molar-refractivity contribution in [2.45, 2.75) is 0 Å². The molecule has 64 heavy (non-hydrogen) atoms. The average Bonchev–Trinajstić information content (AvgIpc) is 3.39. The molecule has 0 aliphatic heterocycles. The van der Waals surface area contributed by atoms with Gasteiger partial charge in [-0.25, -0.2) is 24.9 Å². The van der Waals surface area contributed by atoms with E-state index in [2.05, 4.69) is 140 Å². The van der Waals surface area contributed by atoms with Gasteiger partial charge in [-0.15, -0.1) is 0 Å². The summed E-state index contributed by atoms with van der Waals surface area (Å²) in [6, 6.07) is 81.9. The van der Waals surface area contributed by atoms with Crippen LogP contribution in [0.4, 0.5) is 0 Å². The van der Waals surface area contributed by atoms with Gasteiger partial charge < -0.3 is 0 Å². The van der Waals surface area contributed by atoms with Crippen molar-refractivity contribution < 1.29 is 0 Å². The highest BCUT2D eigenvalue weighted by Crippen LogP contribution is 2.40. The minimum Gasteiger partial charge on any atom is -0.228 e. The zero-order chi connectivity index (χ0) is 42.7. The third-order valence-corrected chi connectivity index (χ3v) is 11.6. The van der Waals surface area contributed by atoms with Crippen LogP contribution in [0.5, 0.6) is 0 Å². The van der Waals surface area contributed by atoms with Crippen molar-refractivity contribution >= 4 is 10.8 Å². The first kappa shape index (κ1) is 38.3. The summed E-state index contributed by atoms with van der Waals surface area (Å²) in [6.45, 7) is 0. The smallest absolute Gasteiger partial charge is 0.164 e. The van der Waals surface area contributed by atoms with Crippen LogP contribution in [0.25, 0.3) is 112 Å². The zero-order valence-electron chi connectivity index (χ0n) is 34.8. The molecule has 9 aromatic carbocycles. The van der Waals surface area contributed by atoms with Gasteiger partial charge in [0.15, 0.2) is 23.3 Å². The maximum absolute atomic E-state index is 5.04. The van der Waals surface area contributed by atoms with Crippen LogP contribution in [0.2, 0.25) is 0 Å². The maximum atomic E-state index is 5.04. The summed E-state index contributed by atoms with van der Waals surface area (Å²) >= 11 is 0. The monoisotopic (exact) mass is 817 g/mol. The molecule has 2 aromatic heterocycles. The van der Waals surface area contributed by atoms with Crippen molar-refractivity contribution in [2.75, 3.05) is 0 Å². The Kier molecular flexibility index (Phi) is 10.2. The minimum absolute atomic E-state index is 0.624. The highest BCUT2D eigenvalue weighted by Gasteiger charge is 2.17. The normalized spacial score (nSPS) is 11.1. The van der Waals surface area contributed by atoms with Crippen LogP contribution in [-0.4, -0.2) is 24.9 Å². The summed E-state index contributed by atoms with van der Waals surface area (Å²) in [4.78, 5) is 25.1. The number of hydrogen-bond acceptors (Lipinski definition) is 5. The summed E-state index contributed by atoms with van der Waals surface area (Å²) in [5.41, 5.74) is 14.4. The summed E-state index contributed by atoms with van der Waals surface area (Å²) < 4.78 is 0. The van der Waals surface area contributed by atoms with Gasteiger partial charge in [0, 0.05) is 33.4 Å². The van der Waals surface area contributed by atoms with Crippen LogP contribution < -0.4 is 0 Å². The van der Waals surface area contributed by atoms with E-state index in [4.69, 9.17) is 24.9 Å². The van der Waals surface area contributed by atoms with E-state index in [1.807, 2.05) is 97.1 Å². The van der Waals surface area contributed by atoms with Crippen LogP contribution in [-0.2, 0) is 0 Å². The molecule has 0 saturated heterocycles. The van der Waals surface area contributed by atoms with Gasteiger partial charge in [-0.05, 0) is 56.3 Å². The van der Waals surface area contributed by atoms with E-state index in [1.54, 1.807) is 0 Å². The Morgan fingerprint density at radius 3 is 1.16 bits per heavy atom. The predicted octanol–water partition coefficient (Wildman–Crippen LogP) is 14.8. The lowest BCUT2D eigenvalue weighted by atomic mass is 9.88. The van der Waals surface area contributed by atoms with Crippen molar-refractivity contribution in [3.63, 3.8) is 0 Å². The molecule has 0 saturated carbocycles.